The number of amides is 1. The van der Waals surface area contributed by atoms with Crippen LogP contribution in [0.15, 0.2) is 18.2 Å². The molecule has 3 N–H and O–H groups in total. The largest absolute Gasteiger partial charge is 0.389 e. The molecule has 4 nitrogen and oxygen atoms in total. The van der Waals surface area contributed by atoms with Crippen molar-refractivity contribution in [2.45, 2.75) is 12.5 Å². The number of carbonyl (C=O) groups excluding carboxylic acids is 1. The summed E-state index contributed by atoms with van der Waals surface area (Å²) in [6.07, 6.45) is 0.683. The van der Waals surface area contributed by atoms with Crippen molar-refractivity contribution < 1.29 is 9.18 Å². The average Bonchev–Trinajstić information content (AvgIpc) is 2.60. The second kappa shape index (κ2) is 4.89. The van der Waals surface area contributed by atoms with Gasteiger partial charge in [-0.25, -0.2) is 4.39 Å². The van der Waals surface area contributed by atoms with E-state index in [9.17, 15) is 9.18 Å². The first kappa shape index (κ1) is 12.8. The van der Waals surface area contributed by atoms with E-state index < -0.39 is 5.82 Å². The van der Waals surface area contributed by atoms with Crippen LogP contribution in [0.2, 0.25) is 0 Å². The van der Waals surface area contributed by atoms with Gasteiger partial charge in [0.2, 0.25) is 5.91 Å². The zero-order chi connectivity index (χ0) is 13.3. The summed E-state index contributed by atoms with van der Waals surface area (Å²) in [7, 11) is 1.74. The summed E-state index contributed by atoms with van der Waals surface area (Å²) in [6.45, 7) is 0.689. The third-order valence-corrected chi connectivity index (χ3v) is 3.22. The summed E-state index contributed by atoms with van der Waals surface area (Å²) in [5, 5.41) is 3.01. The highest BCUT2D eigenvalue weighted by Gasteiger charge is 2.29. The fourth-order valence-corrected chi connectivity index (χ4v) is 2.25. The third-order valence-electron chi connectivity index (χ3n) is 3.02. The van der Waals surface area contributed by atoms with Crippen LogP contribution in [-0.2, 0) is 4.79 Å². The maximum atomic E-state index is 13.6. The number of anilines is 1. The van der Waals surface area contributed by atoms with E-state index in [0.717, 1.165) is 0 Å². The Morgan fingerprint density at radius 2 is 2.33 bits per heavy atom. The Balaban J connectivity index is 2.27. The minimum absolute atomic E-state index is 0.00634. The Morgan fingerprint density at radius 1 is 1.61 bits per heavy atom. The molecule has 6 heteroatoms. The van der Waals surface area contributed by atoms with Crippen molar-refractivity contribution in [3.05, 3.63) is 29.6 Å². The molecule has 1 heterocycles. The molecule has 96 valence electrons. The van der Waals surface area contributed by atoms with Crippen LogP contribution < -0.4 is 11.1 Å². The number of likely N-dealkylation sites (tertiary alicyclic amines) is 1. The molecule has 1 atom stereocenters. The number of carbonyl (C=O) groups is 1. The molecule has 0 bridgehead atoms. The third kappa shape index (κ3) is 2.28. The van der Waals surface area contributed by atoms with E-state index in [2.05, 4.69) is 5.32 Å². The van der Waals surface area contributed by atoms with Gasteiger partial charge in [-0.1, -0.05) is 18.3 Å². The average molecular weight is 267 g/mol. The molecule has 1 saturated heterocycles. The number of likely N-dealkylation sites (N-methyl/N-ethyl adjacent to an activating group) is 1. The zero-order valence-corrected chi connectivity index (χ0v) is 10.8. The van der Waals surface area contributed by atoms with Gasteiger partial charge in [-0.2, -0.15) is 0 Å². The molecular formula is C12H14FN3OS. The molecule has 1 aromatic carbocycles. The molecule has 1 aromatic rings. The summed E-state index contributed by atoms with van der Waals surface area (Å²) in [4.78, 5) is 13.4. The molecule has 18 heavy (non-hydrogen) atoms. The smallest absolute Gasteiger partial charge is 0.244 e. The summed E-state index contributed by atoms with van der Waals surface area (Å²) >= 11 is 4.83. The number of hydrogen-bond acceptors (Lipinski definition) is 3. The van der Waals surface area contributed by atoms with Gasteiger partial charge in [0.25, 0.3) is 0 Å². The van der Waals surface area contributed by atoms with E-state index in [-0.39, 0.29) is 22.5 Å². The van der Waals surface area contributed by atoms with Crippen LogP contribution in [0.3, 0.4) is 0 Å². The number of benzene rings is 1. The van der Waals surface area contributed by atoms with Crippen molar-refractivity contribution in [2.75, 3.05) is 18.9 Å². The fourth-order valence-electron chi connectivity index (χ4n) is 2.04. The first-order chi connectivity index (χ1) is 8.50. The predicted molar refractivity (Wildman–Crippen MR) is 72.0 cm³/mol. The quantitative estimate of drug-likeness (QED) is 0.805. The Labute approximate surface area is 110 Å². The molecule has 0 radical (unpaired) electrons. The lowest BCUT2D eigenvalue weighted by Gasteiger charge is -2.16. The lowest BCUT2D eigenvalue weighted by Crippen LogP contribution is -2.31. The Bertz CT molecular complexity index is 506. The molecule has 1 fully saturated rings. The van der Waals surface area contributed by atoms with Crippen molar-refractivity contribution in [3.63, 3.8) is 0 Å². The van der Waals surface area contributed by atoms with E-state index >= 15 is 0 Å². The topological polar surface area (TPSA) is 58.4 Å². The lowest BCUT2D eigenvalue weighted by molar-refractivity contribution is -0.127. The Morgan fingerprint density at radius 3 is 2.89 bits per heavy atom. The van der Waals surface area contributed by atoms with E-state index in [1.807, 2.05) is 0 Å². The molecule has 0 saturated carbocycles. The molecule has 0 aromatic heterocycles. The lowest BCUT2D eigenvalue weighted by atomic mass is 10.1. The number of rotatable bonds is 3. The molecule has 1 aliphatic heterocycles. The van der Waals surface area contributed by atoms with E-state index in [1.165, 1.54) is 6.07 Å². The maximum absolute atomic E-state index is 13.6. The number of hydrogen-bond donors (Lipinski definition) is 2. The first-order valence-corrected chi connectivity index (χ1v) is 6.01. The van der Waals surface area contributed by atoms with Crippen LogP contribution in [0.4, 0.5) is 10.1 Å². The van der Waals surface area contributed by atoms with Gasteiger partial charge < -0.3 is 16.0 Å². The minimum Gasteiger partial charge on any atom is -0.389 e. The van der Waals surface area contributed by atoms with Crippen LogP contribution in [0.25, 0.3) is 0 Å². The predicted octanol–water partition coefficient (Wildman–Crippen LogP) is 1.10. The summed E-state index contributed by atoms with van der Waals surface area (Å²) < 4.78 is 13.6. The van der Waals surface area contributed by atoms with Gasteiger partial charge in [-0.15, -0.1) is 0 Å². The monoisotopic (exact) mass is 267 g/mol. The van der Waals surface area contributed by atoms with Crippen molar-refractivity contribution in [2.24, 2.45) is 5.73 Å². The molecular weight excluding hydrogens is 253 g/mol. The Hall–Kier alpha value is -1.69. The number of nitrogens with zero attached hydrogens (tertiary/aromatic N) is 1. The van der Waals surface area contributed by atoms with Gasteiger partial charge >= 0.3 is 0 Å². The van der Waals surface area contributed by atoms with Gasteiger partial charge in [0.05, 0.1) is 5.56 Å². The highest BCUT2D eigenvalue weighted by atomic mass is 32.1. The number of nitrogens with one attached hydrogen (secondary N) is 1. The summed E-state index contributed by atoms with van der Waals surface area (Å²) in [5.41, 5.74) is 6.14. The molecule has 1 aliphatic rings. The van der Waals surface area contributed by atoms with Crippen LogP contribution in [0.1, 0.15) is 12.0 Å². The number of nitrogens with two attached hydrogens (primary N) is 1. The van der Waals surface area contributed by atoms with Crippen molar-refractivity contribution in [1.82, 2.24) is 4.90 Å². The SMILES string of the molecule is CN1CCC(Nc2cccc(F)c2C(N)=S)C1=O. The van der Waals surface area contributed by atoms with Gasteiger partial charge in [0.15, 0.2) is 0 Å². The standard InChI is InChI=1S/C12H14FN3OS/c1-16-6-5-9(12(16)17)15-8-4-2-3-7(13)10(8)11(14)18/h2-4,9,15H,5-6H2,1H3,(H2,14,18). The van der Waals surface area contributed by atoms with Crippen molar-refractivity contribution in [1.29, 1.82) is 0 Å². The summed E-state index contributed by atoms with van der Waals surface area (Å²) in [6, 6.07) is 4.18. The van der Waals surface area contributed by atoms with Crippen molar-refractivity contribution in [3.8, 4) is 0 Å². The highest BCUT2D eigenvalue weighted by Crippen LogP contribution is 2.22. The van der Waals surface area contributed by atoms with Crippen LogP contribution >= 0.6 is 12.2 Å². The van der Waals surface area contributed by atoms with Gasteiger partial charge in [0, 0.05) is 19.3 Å². The highest BCUT2D eigenvalue weighted by molar-refractivity contribution is 7.80. The molecule has 0 spiro atoms. The maximum Gasteiger partial charge on any atom is 0.244 e. The first-order valence-electron chi connectivity index (χ1n) is 5.60. The van der Waals surface area contributed by atoms with Crippen molar-refractivity contribution >= 4 is 28.8 Å². The van der Waals surface area contributed by atoms with Crippen LogP contribution in [-0.4, -0.2) is 35.4 Å². The minimum atomic E-state index is -0.480. The van der Waals surface area contributed by atoms with E-state index in [4.69, 9.17) is 18.0 Å². The second-order valence-electron chi connectivity index (χ2n) is 4.27. The summed E-state index contributed by atoms with van der Waals surface area (Å²) in [5.74, 6) is -0.487. The normalized spacial score (nSPS) is 19.1. The molecule has 2 rings (SSSR count). The van der Waals surface area contributed by atoms with Crippen LogP contribution in [0, 0.1) is 5.82 Å². The number of halogens is 1. The molecule has 1 amide bonds. The van der Waals surface area contributed by atoms with E-state index in [1.54, 1.807) is 24.1 Å². The van der Waals surface area contributed by atoms with Gasteiger partial charge in [-0.05, 0) is 18.6 Å². The zero-order valence-electron chi connectivity index (χ0n) is 9.94. The fraction of sp³-hybridized carbons (Fsp3) is 0.333. The van der Waals surface area contributed by atoms with Gasteiger partial charge in [0.1, 0.15) is 16.8 Å². The Kier molecular flexibility index (Phi) is 3.47. The van der Waals surface area contributed by atoms with Crippen LogP contribution in [0.5, 0.6) is 0 Å². The molecule has 0 aliphatic carbocycles. The molecule has 1 unspecified atom stereocenters. The van der Waals surface area contributed by atoms with E-state index in [0.29, 0.717) is 18.7 Å². The van der Waals surface area contributed by atoms with Gasteiger partial charge in [-0.3, -0.25) is 4.79 Å². The second-order valence-corrected chi connectivity index (χ2v) is 4.71. The number of thiocarbonyl (C=S) groups is 1.